The lowest BCUT2D eigenvalue weighted by atomic mass is 10.0. The normalized spacial score (nSPS) is 12.4. The van der Waals surface area contributed by atoms with Crippen LogP contribution in [0.4, 0.5) is 0 Å². The number of carbonyl (C=O) groups excluding carboxylic acids is 2. The summed E-state index contributed by atoms with van der Waals surface area (Å²) in [6.45, 7) is 7.79. The summed E-state index contributed by atoms with van der Waals surface area (Å²) in [5.74, 6) is -0.462. The SMILES string of the molecule is CC[C@@H](C(=O)NC(C)(C)C)N(Cc1ccccc1Cl)C(=O)Cc1c(Cl)cccc1Cl. The third-order valence-electron chi connectivity index (χ3n) is 4.57. The smallest absolute Gasteiger partial charge is 0.243 e. The molecule has 7 heteroatoms. The van der Waals surface area contributed by atoms with E-state index in [9.17, 15) is 9.59 Å². The minimum atomic E-state index is -0.658. The Balaban J connectivity index is 2.40. The van der Waals surface area contributed by atoms with E-state index < -0.39 is 11.6 Å². The van der Waals surface area contributed by atoms with Crippen LogP contribution in [0, 0.1) is 0 Å². The molecular weight excluding hydrogens is 443 g/mol. The van der Waals surface area contributed by atoms with Crippen molar-refractivity contribution in [2.45, 2.75) is 58.7 Å². The fourth-order valence-corrected chi connectivity index (χ4v) is 3.86. The molecule has 2 amide bonds. The van der Waals surface area contributed by atoms with Crippen molar-refractivity contribution in [2.75, 3.05) is 0 Å². The van der Waals surface area contributed by atoms with Gasteiger partial charge in [0.2, 0.25) is 11.8 Å². The molecule has 1 N–H and O–H groups in total. The van der Waals surface area contributed by atoms with Crippen LogP contribution < -0.4 is 5.32 Å². The number of carbonyl (C=O) groups is 2. The molecule has 2 rings (SSSR count). The molecule has 2 aromatic rings. The molecule has 0 fully saturated rings. The first-order chi connectivity index (χ1) is 14.0. The zero-order valence-corrected chi connectivity index (χ0v) is 19.9. The Hall–Kier alpha value is -1.75. The fraction of sp³-hybridized carbons (Fsp3) is 0.391. The van der Waals surface area contributed by atoms with Gasteiger partial charge < -0.3 is 10.2 Å². The van der Waals surface area contributed by atoms with E-state index in [1.165, 1.54) is 0 Å². The number of hydrogen-bond acceptors (Lipinski definition) is 2. The van der Waals surface area contributed by atoms with E-state index in [2.05, 4.69) is 5.32 Å². The van der Waals surface area contributed by atoms with Gasteiger partial charge in [0, 0.05) is 27.2 Å². The van der Waals surface area contributed by atoms with Gasteiger partial charge in [0.25, 0.3) is 0 Å². The van der Waals surface area contributed by atoms with E-state index in [1.54, 1.807) is 29.2 Å². The van der Waals surface area contributed by atoms with E-state index in [0.29, 0.717) is 27.1 Å². The highest BCUT2D eigenvalue weighted by atomic mass is 35.5. The Labute approximate surface area is 193 Å². The highest BCUT2D eigenvalue weighted by Gasteiger charge is 2.31. The molecule has 4 nitrogen and oxygen atoms in total. The molecule has 0 heterocycles. The highest BCUT2D eigenvalue weighted by Crippen LogP contribution is 2.27. The number of nitrogens with one attached hydrogen (secondary N) is 1. The van der Waals surface area contributed by atoms with E-state index in [-0.39, 0.29) is 24.8 Å². The number of halogens is 3. The Morgan fingerprint density at radius 1 is 0.967 bits per heavy atom. The molecule has 1 atom stereocenters. The highest BCUT2D eigenvalue weighted by molar-refractivity contribution is 6.36. The minimum Gasteiger partial charge on any atom is -0.350 e. The van der Waals surface area contributed by atoms with Crippen molar-refractivity contribution in [1.29, 1.82) is 0 Å². The Morgan fingerprint density at radius 2 is 1.53 bits per heavy atom. The number of rotatable bonds is 7. The van der Waals surface area contributed by atoms with E-state index in [1.807, 2.05) is 45.9 Å². The van der Waals surface area contributed by atoms with Crippen molar-refractivity contribution in [3.8, 4) is 0 Å². The molecule has 0 saturated heterocycles. The molecule has 0 radical (unpaired) electrons. The molecule has 0 aliphatic heterocycles. The molecular formula is C23H27Cl3N2O2. The average Bonchev–Trinajstić information content (AvgIpc) is 2.64. The van der Waals surface area contributed by atoms with E-state index >= 15 is 0 Å². The first kappa shape index (κ1) is 24.5. The number of hydrogen-bond donors (Lipinski definition) is 1. The van der Waals surface area contributed by atoms with Crippen LogP contribution in [0.2, 0.25) is 15.1 Å². The maximum absolute atomic E-state index is 13.4. The molecule has 0 bridgehead atoms. The number of nitrogens with zero attached hydrogens (tertiary/aromatic N) is 1. The quantitative estimate of drug-likeness (QED) is 0.548. The summed E-state index contributed by atoms with van der Waals surface area (Å²) in [5, 5.41) is 4.35. The standard InChI is InChI=1S/C23H27Cl3N2O2/c1-5-20(22(30)27-23(2,3)4)28(14-15-9-6-7-10-17(15)24)21(29)13-16-18(25)11-8-12-19(16)26/h6-12,20H,5,13-14H2,1-4H3,(H,27,30)/t20-/m0/s1. The molecule has 162 valence electrons. The van der Waals surface area contributed by atoms with Crippen LogP contribution in [0.3, 0.4) is 0 Å². The van der Waals surface area contributed by atoms with E-state index in [4.69, 9.17) is 34.8 Å². The maximum atomic E-state index is 13.4. The molecule has 0 spiro atoms. The summed E-state index contributed by atoms with van der Waals surface area (Å²) in [6.07, 6.45) is 0.441. The molecule has 0 saturated carbocycles. The predicted octanol–water partition coefficient (Wildman–Crippen LogP) is 5.91. The van der Waals surface area contributed by atoms with E-state index in [0.717, 1.165) is 5.56 Å². The monoisotopic (exact) mass is 468 g/mol. The van der Waals surface area contributed by atoms with Gasteiger partial charge in [-0.3, -0.25) is 9.59 Å². The lowest BCUT2D eigenvalue weighted by Gasteiger charge is -2.33. The summed E-state index contributed by atoms with van der Waals surface area (Å²) in [5.41, 5.74) is 0.885. The largest absolute Gasteiger partial charge is 0.350 e. The van der Waals surface area contributed by atoms with Gasteiger partial charge in [0.15, 0.2) is 0 Å². The van der Waals surface area contributed by atoms with Crippen LogP contribution in [0.15, 0.2) is 42.5 Å². The van der Waals surface area contributed by atoms with Crippen molar-refractivity contribution in [1.82, 2.24) is 10.2 Å². The van der Waals surface area contributed by atoms with Crippen molar-refractivity contribution in [3.05, 3.63) is 68.7 Å². The fourth-order valence-electron chi connectivity index (χ4n) is 3.14. The second kappa shape index (κ2) is 10.5. The number of amides is 2. The molecule has 30 heavy (non-hydrogen) atoms. The molecule has 0 aliphatic carbocycles. The molecule has 0 unspecified atom stereocenters. The summed E-state index contributed by atoms with van der Waals surface area (Å²) in [7, 11) is 0. The summed E-state index contributed by atoms with van der Waals surface area (Å²) < 4.78 is 0. The van der Waals surface area contributed by atoms with Gasteiger partial charge in [-0.25, -0.2) is 0 Å². The molecule has 0 aromatic heterocycles. The van der Waals surface area contributed by atoms with Gasteiger partial charge >= 0.3 is 0 Å². The Kier molecular flexibility index (Phi) is 8.60. The van der Waals surface area contributed by atoms with Crippen LogP contribution in [-0.2, 0) is 22.6 Å². The van der Waals surface area contributed by atoms with Crippen LogP contribution in [0.5, 0.6) is 0 Å². The Bertz CT molecular complexity index is 889. The van der Waals surface area contributed by atoms with Gasteiger partial charge in [0.1, 0.15) is 6.04 Å². The topological polar surface area (TPSA) is 49.4 Å². The van der Waals surface area contributed by atoms with Crippen molar-refractivity contribution >= 4 is 46.6 Å². The third kappa shape index (κ3) is 6.63. The first-order valence-corrected chi connectivity index (χ1v) is 10.9. The summed E-state index contributed by atoms with van der Waals surface area (Å²) in [4.78, 5) is 28.0. The Morgan fingerprint density at radius 3 is 2.07 bits per heavy atom. The minimum absolute atomic E-state index is 0.0116. The van der Waals surface area contributed by atoms with Gasteiger partial charge in [-0.05, 0) is 56.5 Å². The number of benzene rings is 2. The lowest BCUT2D eigenvalue weighted by Crippen LogP contribution is -2.53. The first-order valence-electron chi connectivity index (χ1n) is 9.81. The molecule has 2 aromatic carbocycles. The summed E-state index contributed by atoms with van der Waals surface area (Å²) in [6, 6.07) is 11.7. The van der Waals surface area contributed by atoms with Crippen molar-refractivity contribution < 1.29 is 9.59 Å². The van der Waals surface area contributed by atoms with Gasteiger partial charge in [0.05, 0.1) is 6.42 Å². The van der Waals surface area contributed by atoms with Crippen LogP contribution in [0.1, 0.15) is 45.2 Å². The van der Waals surface area contributed by atoms with Gasteiger partial charge in [-0.2, -0.15) is 0 Å². The van der Waals surface area contributed by atoms with Crippen molar-refractivity contribution in [3.63, 3.8) is 0 Å². The second-order valence-electron chi connectivity index (χ2n) is 8.15. The van der Waals surface area contributed by atoms with Crippen LogP contribution in [-0.4, -0.2) is 28.3 Å². The molecule has 0 aliphatic rings. The van der Waals surface area contributed by atoms with Gasteiger partial charge in [-0.1, -0.05) is 66.0 Å². The lowest BCUT2D eigenvalue weighted by molar-refractivity contribution is -0.141. The second-order valence-corrected chi connectivity index (χ2v) is 9.37. The zero-order valence-electron chi connectivity index (χ0n) is 17.6. The van der Waals surface area contributed by atoms with Crippen LogP contribution in [0.25, 0.3) is 0 Å². The van der Waals surface area contributed by atoms with Crippen molar-refractivity contribution in [2.24, 2.45) is 0 Å². The third-order valence-corrected chi connectivity index (χ3v) is 5.65. The van der Waals surface area contributed by atoms with Crippen LogP contribution >= 0.6 is 34.8 Å². The summed E-state index contributed by atoms with van der Waals surface area (Å²) >= 11 is 18.9. The van der Waals surface area contributed by atoms with Gasteiger partial charge in [-0.15, -0.1) is 0 Å². The maximum Gasteiger partial charge on any atom is 0.243 e. The average molecular weight is 470 g/mol. The predicted molar refractivity (Wildman–Crippen MR) is 124 cm³/mol. The zero-order chi connectivity index (χ0) is 22.5.